The van der Waals surface area contributed by atoms with Gasteiger partial charge in [0.15, 0.2) is 0 Å². The maximum Gasteiger partial charge on any atom is 0.325 e. The van der Waals surface area contributed by atoms with Gasteiger partial charge in [0.25, 0.3) is 0 Å². The average Bonchev–Trinajstić information content (AvgIpc) is 2.25. The predicted molar refractivity (Wildman–Crippen MR) is 57.1 cm³/mol. The fourth-order valence-corrected chi connectivity index (χ4v) is 1.32. The zero-order chi connectivity index (χ0) is 12.0. The highest BCUT2D eigenvalue weighted by Gasteiger charge is 2.18. The highest BCUT2D eigenvalue weighted by molar-refractivity contribution is 5.75. The molecule has 0 aliphatic carbocycles. The van der Waals surface area contributed by atoms with Crippen LogP contribution in [0.3, 0.4) is 0 Å². The van der Waals surface area contributed by atoms with Gasteiger partial charge in [0, 0.05) is 6.54 Å². The van der Waals surface area contributed by atoms with Gasteiger partial charge in [0.2, 0.25) is 0 Å². The Hall–Kier alpha value is -1.88. The van der Waals surface area contributed by atoms with Crippen LogP contribution in [0.25, 0.3) is 0 Å². The Labute approximate surface area is 92.7 Å². The van der Waals surface area contributed by atoms with E-state index in [2.05, 4.69) is 5.32 Å². The third-order valence-electron chi connectivity index (χ3n) is 2.07. The van der Waals surface area contributed by atoms with Crippen LogP contribution < -0.4 is 5.32 Å². The molecule has 5 heteroatoms. The molecule has 0 aliphatic heterocycles. The molecule has 0 saturated carbocycles. The molecule has 0 amide bonds. The second-order valence-corrected chi connectivity index (χ2v) is 3.28. The van der Waals surface area contributed by atoms with E-state index in [4.69, 9.17) is 10.2 Å². The molecular formula is C11H13NO4. The molecule has 1 aromatic carbocycles. The van der Waals surface area contributed by atoms with Gasteiger partial charge in [0.05, 0.1) is 6.42 Å². The van der Waals surface area contributed by atoms with Crippen molar-refractivity contribution in [3.05, 3.63) is 35.9 Å². The summed E-state index contributed by atoms with van der Waals surface area (Å²) >= 11 is 0. The Morgan fingerprint density at radius 3 is 2.31 bits per heavy atom. The topological polar surface area (TPSA) is 86.6 Å². The summed E-state index contributed by atoms with van der Waals surface area (Å²) in [6, 6.07) is 7.79. The van der Waals surface area contributed by atoms with Crippen molar-refractivity contribution in [2.45, 2.75) is 12.5 Å². The molecule has 0 fully saturated rings. The molecule has 0 bridgehead atoms. The van der Waals surface area contributed by atoms with Crippen molar-refractivity contribution in [3.8, 4) is 0 Å². The molecule has 1 atom stereocenters. The number of hydrogen-bond donors (Lipinski definition) is 3. The fourth-order valence-electron chi connectivity index (χ4n) is 1.32. The first-order valence-corrected chi connectivity index (χ1v) is 4.84. The van der Waals surface area contributed by atoms with E-state index in [9.17, 15) is 9.59 Å². The highest BCUT2D eigenvalue weighted by atomic mass is 16.4. The molecule has 0 saturated heterocycles. The van der Waals surface area contributed by atoms with Crippen molar-refractivity contribution >= 4 is 11.9 Å². The van der Waals surface area contributed by atoms with Gasteiger partial charge >= 0.3 is 11.9 Å². The number of aliphatic carboxylic acids is 2. The lowest BCUT2D eigenvalue weighted by molar-refractivity contribution is -0.141. The highest BCUT2D eigenvalue weighted by Crippen LogP contribution is 2.12. The first kappa shape index (κ1) is 12.2. The van der Waals surface area contributed by atoms with Gasteiger partial charge in [-0.1, -0.05) is 30.3 Å². The van der Waals surface area contributed by atoms with Gasteiger partial charge in [-0.3, -0.25) is 9.59 Å². The lowest BCUT2D eigenvalue weighted by atomic mass is 10.1. The number of benzene rings is 1. The lowest BCUT2D eigenvalue weighted by Gasteiger charge is -2.13. The molecule has 0 heterocycles. The molecule has 0 aliphatic rings. The van der Waals surface area contributed by atoms with Crippen LogP contribution in [0.1, 0.15) is 18.0 Å². The molecule has 1 aromatic rings. The summed E-state index contributed by atoms with van der Waals surface area (Å²) in [6.07, 6.45) is -0.101. The summed E-state index contributed by atoms with van der Waals surface area (Å²) < 4.78 is 0. The monoisotopic (exact) mass is 223 g/mol. The van der Waals surface area contributed by atoms with Gasteiger partial charge in [0.1, 0.15) is 6.04 Å². The van der Waals surface area contributed by atoms with Crippen molar-refractivity contribution < 1.29 is 19.8 Å². The first-order valence-electron chi connectivity index (χ1n) is 4.84. The van der Waals surface area contributed by atoms with Crippen LogP contribution in [-0.4, -0.2) is 28.7 Å². The number of rotatable bonds is 6. The predicted octanol–water partition coefficient (Wildman–Crippen LogP) is 0.877. The summed E-state index contributed by atoms with van der Waals surface area (Å²) in [5.41, 5.74) is 0.611. The average molecular weight is 223 g/mol. The lowest BCUT2D eigenvalue weighted by Crippen LogP contribution is -2.30. The van der Waals surface area contributed by atoms with Gasteiger partial charge < -0.3 is 15.5 Å². The number of carbonyl (C=O) groups is 2. The van der Waals surface area contributed by atoms with E-state index in [-0.39, 0.29) is 13.0 Å². The van der Waals surface area contributed by atoms with E-state index < -0.39 is 18.0 Å². The molecule has 16 heavy (non-hydrogen) atoms. The molecule has 0 radical (unpaired) electrons. The summed E-state index contributed by atoms with van der Waals surface area (Å²) in [5, 5.41) is 20.1. The smallest absolute Gasteiger partial charge is 0.325 e. The molecule has 1 unspecified atom stereocenters. The third kappa shape index (κ3) is 3.70. The van der Waals surface area contributed by atoms with Crippen LogP contribution in [0.2, 0.25) is 0 Å². The van der Waals surface area contributed by atoms with Gasteiger partial charge in [-0.05, 0) is 5.56 Å². The third-order valence-corrected chi connectivity index (χ3v) is 2.07. The normalized spacial score (nSPS) is 12.0. The second-order valence-electron chi connectivity index (χ2n) is 3.28. The zero-order valence-electron chi connectivity index (χ0n) is 8.59. The summed E-state index contributed by atoms with van der Waals surface area (Å²) in [5.74, 6) is -1.97. The van der Waals surface area contributed by atoms with E-state index >= 15 is 0 Å². The standard InChI is InChI=1S/C11H13NO4/c13-9(14)6-7-12-10(11(15)16)8-4-2-1-3-5-8/h1-5,10,12H,6-7H2,(H,13,14)(H,15,16). The first-order chi connectivity index (χ1) is 7.61. The van der Waals surface area contributed by atoms with Crippen molar-refractivity contribution in [1.82, 2.24) is 5.32 Å². The number of carboxylic acid groups (broad SMARTS) is 2. The second kappa shape index (κ2) is 5.87. The van der Waals surface area contributed by atoms with E-state index in [1.54, 1.807) is 30.3 Å². The van der Waals surface area contributed by atoms with Crippen molar-refractivity contribution in [1.29, 1.82) is 0 Å². The Balaban J connectivity index is 2.62. The number of nitrogens with one attached hydrogen (secondary N) is 1. The van der Waals surface area contributed by atoms with Crippen LogP contribution in [0, 0.1) is 0 Å². The van der Waals surface area contributed by atoms with Crippen molar-refractivity contribution in [2.75, 3.05) is 6.54 Å². The van der Waals surface area contributed by atoms with Crippen molar-refractivity contribution in [3.63, 3.8) is 0 Å². The van der Waals surface area contributed by atoms with Crippen molar-refractivity contribution in [2.24, 2.45) is 0 Å². The van der Waals surface area contributed by atoms with E-state index in [1.165, 1.54) is 0 Å². The summed E-state index contributed by atoms with van der Waals surface area (Å²) in [4.78, 5) is 21.3. The minimum atomic E-state index is -1.02. The Morgan fingerprint density at radius 1 is 1.19 bits per heavy atom. The van der Waals surface area contributed by atoms with Gasteiger partial charge in [-0.2, -0.15) is 0 Å². The van der Waals surface area contributed by atoms with E-state index in [1.807, 2.05) is 0 Å². The molecule has 3 N–H and O–H groups in total. The Kier molecular flexibility index (Phi) is 4.47. The molecule has 0 spiro atoms. The van der Waals surface area contributed by atoms with Crippen LogP contribution in [0.15, 0.2) is 30.3 Å². The zero-order valence-corrected chi connectivity index (χ0v) is 8.59. The number of hydrogen-bond acceptors (Lipinski definition) is 3. The molecule has 1 rings (SSSR count). The van der Waals surface area contributed by atoms with Crippen LogP contribution >= 0.6 is 0 Å². The van der Waals surface area contributed by atoms with Gasteiger partial charge in [-0.25, -0.2) is 0 Å². The Bertz CT molecular complexity index is 364. The number of carboxylic acids is 2. The minimum Gasteiger partial charge on any atom is -0.481 e. The maximum atomic E-state index is 11.0. The van der Waals surface area contributed by atoms with Crippen LogP contribution in [-0.2, 0) is 9.59 Å². The maximum absolute atomic E-state index is 11.0. The molecular weight excluding hydrogens is 210 g/mol. The van der Waals surface area contributed by atoms with Crippen LogP contribution in [0.4, 0.5) is 0 Å². The quantitative estimate of drug-likeness (QED) is 0.666. The Morgan fingerprint density at radius 2 is 1.81 bits per heavy atom. The molecule has 5 nitrogen and oxygen atoms in total. The molecule has 0 aromatic heterocycles. The largest absolute Gasteiger partial charge is 0.481 e. The molecule has 86 valence electrons. The van der Waals surface area contributed by atoms with E-state index in [0.29, 0.717) is 5.56 Å². The summed E-state index contributed by atoms with van der Waals surface area (Å²) in [7, 11) is 0. The van der Waals surface area contributed by atoms with Crippen LogP contribution in [0.5, 0.6) is 0 Å². The SMILES string of the molecule is O=C(O)CCNC(C(=O)O)c1ccccc1. The minimum absolute atomic E-state index is 0.101. The van der Waals surface area contributed by atoms with Gasteiger partial charge in [-0.15, -0.1) is 0 Å². The summed E-state index contributed by atoms with van der Waals surface area (Å²) in [6.45, 7) is 0.126. The fraction of sp³-hybridized carbons (Fsp3) is 0.273. The van der Waals surface area contributed by atoms with E-state index in [0.717, 1.165) is 0 Å².